The molecule has 1 aliphatic rings. The smallest absolute Gasteiger partial charge is 0.0669 e. The summed E-state index contributed by atoms with van der Waals surface area (Å²) in [6.07, 6.45) is 4.85. The number of nitriles is 1. The van der Waals surface area contributed by atoms with E-state index in [1.54, 1.807) is 0 Å². The van der Waals surface area contributed by atoms with E-state index in [4.69, 9.17) is 5.26 Å². The molecule has 0 radical (unpaired) electrons. The molecule has 1 heterocycles. The highest BCUT2D eigenvalue weighted by Gasteiger charge is 2.20. The molecule has 14 heavy (non-hydrogen) atoms. The Morgan fingerprint density at radius 2 is 2.14 bits per heavy atom. The second-order valence-electron chi connectivity index (χ2n) is 4.41. The molecule has 1 fully saturated rings. The summed E-state index contributed by atoms with van der Waals surface area (Å²) in [5.74, 6) is 1.12. The predicted octanol–water partition coefficient (Wildman–Crippen LogP) is 2.66. The largest absolute Gasteiger partial charge is 0.302 e. The highest BCUT2D eigenvalue weighted by atomic mass is 15.1. The minimum Gasteiger partial charge on any atom is -0.302 e. The normalized spacial score (nSPS) is 23.7. The Balaban J connectivity index is 2.33. The molecule has 1 saturated heterocycles. The first-order chi connectivity index (χ1) is 6.80. The number of hydrogen-bond donors (Lipinski definition) is 0. The lowest BCUT2D eigenvalue weighted by Crippen LogP contribution is -2.38. The maximum Gasteiger partial charge on any atom is 0.0669 e. The van der Waals surface area contributed by atoms with Gasteiger partial charge in [-0.15, -0.1) is 0 Å². The Kier molecular flexibility index (Phi) is 4.97. The van der Waals surface area contributed by atoms with Crippen LogP contribution in [0.15, 0.2) is 0 Å². The van der Waals surface area contributed by atoms with E-state index in [9.17, 15) is 0 Å². The number of rotatable bonds is 4. The first kappa shape index (κ1) is 11.5. The van der Waals surface area contributed by atoms with Gasteiger partial charge in [-0.25, -0.2) is 0 Å². The zero-order valence-corrected chi connectivity index (χ0v) is 9.50. The minimum atomic E-state index is 0.290. The lowest BCUT2D eigenvalue weighted by molar-refractivity contribution is 0.168. The fourth-order valence-electron chi connectivity index (χ4n) is 2.24. The van der Waals surface area contributed by atoms with Crippen LogP contribution in [0.4, 0.5) is 0 Å². The second kappa shape index (κ2) is 6.03. The van der Waals surface area contributed by atoms with E-state index in [1.807, 2.05) is 0 Å². The van der Waals surface area contributed by atoms with E-state index in [0.717, 1.165) is 18.9 Å². The SMILES string of the molecule is CCC(CC)CN1CCCC(C#N)C1. The van der Waals surface area contributed by atoms with Crippen LogP contribution in [0.3, 0.4) is 0 Å². The van der Waals surface area contributed by atoms with Gasteiger partial charge in [0, 0.05) is 13.1 Å². The van der Waals surface area contributed by atoms with Gasteiger partial charge in [0.1, 0.15) is 0 Å². The molecule has 2 heteroatoms. The summed E-state index contributed by atoms with van der Waals surface area (Å²) < 4.78 is 0. The zero-order chi connectivity index (χ0) is 10.4. The molecule has 2 nitrogen and oxygen atoms in total. The molecule has 0 aromatic rings. The third-order valence-electron chi connectivity index (χ3n) is 3.36. The summed E-state index contributed by atoms with van der Waals surface area (Å²) in [5.41, 5.74) is 0. The fraction of sp³-hybridized carbons (Fsp3) is 0.917. The van der Waals surface area contributed by atoms with Gasteiger partial charge >= 0.3 is 0 Å². The van der Waals surface area contributed by atoms with E-state index < -0.39 is 0 Å². The average Bonchev–Trinajstić information content (AvgIpc) is 2.26. The summed E-state index contributed by atoms with van der Waals surface area (Å²) in [7, 11) is 0. The Bertz CT molecular complexity index is 191. The minimum absolute atomic E-state index is 0.290. The molecule has 0 saturated carbocycles. The maximum atomic E-state index is 8.88. The maximum absolute atomic E-state index is 8.88. The lowest BCUT2D eigenvalue weighted by Gasteiger charge is -2.32. The highest BCUT2D eigenvalue weighted by Crippen LogP contribution is 2.18. The summed E-state index contributed by atoms with van der Waals surface area (Å²) in [4.78, 5) is 2.48. The summed E-state index contributed by atoms with van der Waals surface area (Å²) in [6, 6.07) is 2.40. The van der Waals surface area contributed by atoms with Crippen LogP contribution in [0.2, 0.25) is 0 Å². The highest BCUT2D eigenvalue weighted by molar-refractivity contribution is 4.88. The monoisotopic (exact) mass is 194 g/mol. The Morgan fingerprint density at radius 3 is 2.71 bits per heavy atom. The first-order valence-electron chi connectivity index (χ1n) is 5.92. The van der Waals surface area contributed by atoms with Crippen molar-refractivity contribution in [2.45, 2.75) is 39.5 Å². The summed E-state index contributed by atoms with van der Waals surface area (Å²) in [6.45, 7) is 7.94. The van der Waals surface area contributed by atoms with Gasteiger partial charge in [0.15, 0.2) is 0 Å². The molecule has 0 spiro atoms. The molecule has 0 aliphatic carbocycles. The zero-order valence-electron chi connectivity index (χ0n) is 9.50. The van der Waals surface area contributed by atoms with E-state index in [0.29, 0.717) is 0 Å². The van der Waals surface area contributed by atoms with E-state index >= 15 is 0 Å². The second-order valence-corrected chi connectivity index (χ2v) is 4.41. The van der Waals surface area contributed by atoms with Crippen molar-refractivity contribution in [3.05, 3.63) is 0 Å². The van der Waals surface area contributed by atoms with Crippen molar-refractivity contribution in [3.8, 4) is 6.07 Å². The molecule has 0 aromatic heterocycles. The van der Waals surface area contributed by atoms with E-state index in [1.165, 1.54) is 32.4 Å². The molecule has 80 valence electrons. The number of nitrogens with zero attached hydrogens (tertiary/aromatic N) is 2. The van der Waals surface area contributed by atoms with Crippen molar-refractivity contribution in [3.63, 3.8) is 0 Å². The standard InChI is InChI=1S/C12H22N2/c1-3-11(4-2)9-14-7-5-6-12(8-13)10-14/h11-12H,3-7,9-10H2,1-2H3. The van der Waals surface area contributed by atoms with Crippen molar-refractivity contribution in [1.82, 2.24) is 4.90 Å². The van der Waals surface area contributed by atoms with Crippen molar-refractivity contribution in [2.75, 3.05) is 19.6 Å². The molecule has 1 atom stereocenters. The predicted molar refractivity (Wildman–Crippen MR) is 58.8 cm³/mol. The van der Waals surface area contributed by atoms with Gasteiger partial charge in [-0.1, -0.05) is 26.7 Å². The summed E-state index contributed by atoms with van der Waals surface area (Å²) in [5, 5.41) is 8.88. The van der Waals surface area contributed by atoms with Crippen LogP contribution in [0, 0.1) is 23.2 Å². The molecule has 0 bridgehead atoms. The Hall–Kier alpha value is -0.550. The molecule has 1 unspecified atom stereocenters. The number of hydrogen-bond acceptors (Lipinski definition) is 2. The van der Waals surface area contributed by atoms with Crippen LogP contribution < -0.4 is 0 Å². The third kappa shape index (κ3) is 3.31. The van der Waals surface area contributed by atoms with Crippen LogP contribution in [-0.4, -0.2) is 24.5 Å². The topological polar surface area (TPSA) is 27.0 Å². The molecule has 1 aliphatic heterocycles. The summed E-state index contributed by atoms with van der Waals surface area (Å²) >= 11 is 0. The van der Waals surface area contributed by atoms with Crippen LogP contribution in [0.5, 0.6) is 0 Å². The molecule has 0 amide bonds. The van der Waals surface area contributed by atoms with Crippen LogP contribution in [0.1, 0.15) is 39.5 Å². The lowest BCUT2D eigenvalue weighted by atomic mass is 9.96. The first-order valence-corrected chi connectivity index (χ1v) is 5.92. The fourth-order valence-corrected chi connectivity index (χ4v) is 2.24. The van der Waals surface area contributed by atoms with Gasteiger partial charge in [0.2, 0.25) is 0 Å². The molecular weight excluding hydrogens is 172 g/mol. The third-order valence-corrected chi connectivity index (χ3v) is 3.36. The van der Waals surface area contributed by atoms with Gasteiger partial charge in [-0.2, -0.15) is 5.26 Å². The molecule has 1 rings (SSSR count). The van der Waals surface area contributed by atoms with E-state index in [2.05, 4.69) is 24.8 Å². The van der Waals surface area contributed by atoms with Gasteiger partial charge in [-0.3, -0.25) is 0 Å². The van der Waals surface area contributed by atoms with Crippen molar-refractivity contribution >= 4 is 0 Å². The molecular formula is C12H22N2. The van der Waals surface area contributed by atoms with Crippen molar-refractivity contribution in [1.29, 1.82) is 5.26 Å². The number of piperidine rings is 1. The average molecular weight is 194 g/mol. The van der Waals surface area contributed by atoms with Crippen molar-refractivity contribution < 1.29 is 0 Å². The van der Waals surface area contributed by atoms with Crippen molar-refractivity contribution in [2.24, 2.45) is 11.8 Å². The van der Waals surface area contributed by atoms with E-state index in [-0.39, 0.29) is 5.92 Å². The Morgan fingerprint density at radius 1 is 1.43 bits per heavy atom. The van der Waals surface area contributed by atoms with Gasteiger partial charge in [0.25, 0.3) is 0 Å². The quantitative estimate of drug-likeness (QED) is 0.688. The Labute approximate surface area is 87.9 Å². The van der Waals surface area contributed by atoms with Crippen LogP contribution in [-0.2, 0) is 0 Å². The van der Waals surface area contributed by atoms with Crippen LogP contribution in [0.25, 0.3) is 0 Å². The van der Waals surface area contributed by atoms with Crippen LogP contribution >= 0.6 is 0 Å². The molecule has 0 N–H and O–H groups in total. The molecule has 0 aromatic carbocycles. The van der Waals surface area contributed by atoms with Gasteiger partial charge in [0.05, 0.1) is 12.0 Å². The number of likely N-dealkylation sites (tertiary alicyclic amines) is 1. The van der Waals surface area contributed by atoms with Gasteiger partial charge in [-0.05, 0) is 25.3 Å². The van der Waals surface area contributed by atoms with Gasteiger partial charge < -0.3 is 4.90 Å².